The van der Waals surface area contributed by atoms with Crippen molar-refractivity contribution < 1.29 is 24.0 Å². The molecule has 2 fully saturated rings. The number of carbonyl (C=O) groups is 5. The molecule has 0 saturated carbocycles. The van der Waals surface area contributed by atoms with Gasteiger partial charge in [0, 0.05) is 73.1 Å². The Kier molecular flexibility index (Phi) is 7.96. The van der Waals surface area contributed by atoms with Gasteiger partial charge < -0.3 is 10.2 Å². The number of imide groups is 2. The summed E-state index contributed by atoms with van der Waals surface area (Å²) >= 11 is 0. The molecular formula is C36H34N8O5. The van der Waals surface area contributed by atoms with Gasteiger partial charge in [-0.15, -0.1) is 0 Å². The van der Waals surface area contributed by atoms with Crippen molar-refractivity contribution in [1.82, 2.24) is 24.9 Å². The zero-order valence-electron chi connectivity index (χ0n) is 27.1. The molecule has 5 amide bonds. The molecule has 4 heterocycles. The van der Waals surface area contributed by atoms with Crippen molar-refractivity contribution >= 4 is 51.7 Å². The first kappa shape index (κ1) is 31.7. The molecule has 0 radical (unpaired) electrons. The van der Waals surface area contributed by atoms with E-state index in [4.69, 9.17) is 0 Å². The Hall–Kier alpha value is -5.87. The van der Waals surface area contributed by atoms with Crippen LogP contribution in [0.4, 0.5) is 11.4 Å². The van der Waals surface area contributed by atoms with E-state index in [0.29, 0.717) is 30.9 Å². The van der Waals surface area contributed by atoms with Crippen LogP contribution in [0.5, 0.6) is 0 Å². The molecule has 13 nitrogen and oxygen atoms in total. The van der Waals surface area contributed by atoms with Crippen LogP contribution < -0.4 is 15.5 Å². The number of piperazine rings is 1. The van der Waals surface area contributed by atoms with Crippen LogP contribution in [0.25, 0.3) is 10.8 Å². The highest BCUT2D eigenvalue weighted by Crippen LogP contribution is 2.32. The number of carbonyl (C=O) groups excluding carboxylic acids is 5. The topological polar surface area (TPSA) is 161 Å². The fraction of sp³-hybridized carbons (Fsp3) is 0.306. The molecule has 49 heavy (non-hydrogen) atoms. The molecule has 3 aliphatic rings. The number of nitrogens with one attached hydrogen (secondary N) is 2. The summed E-state index contributed by atoms with van der Waals surface area (Å²) in [7, 11) is 0. The molecular weight excluding hydrogens is 624 g/mol. The molecule has 1 unspecified atom stereocenters. The first-order valence-electron chi connectivity index (χ1n) is 16.2. The second-order valence-electron chi connectivity index (χ2n) is 13.1. The zero-order valence-corrected chi connectivity index (χ0v) is 27.1. The zero-order chi connectivity index (χ0) is 34.4. The summed E-state index contributed by atoms with van der Waals surface area (Å²) in [6, 6.07) is 17.3. The number of hydrogen-bond acceptors (Lipinski definition) is 9. The number of rotatable bonds is 7. The minimum absolute atomic E-state index is 0.0741. The SMILES string of the molecule is CC(C)(C(=O)Nc1ccc(C#N)c2ccccc12)n1cc(CN2CCN(c3ccc4c(c3)C(=O)N(C3CCC(=O)NC3=O)C4=O)CC2)cn1. The van der Waals surface area contributed by atoms with Crippen molar-refractivity contribution in [3.8, 4) is 6.07 Å². The molecule has 4 aromatic rings. The van der Waals surface area contributed by atoms with Crippen molar-refractivity contribution in [2.75, 3.05) is 36.4 Å². The number of benzene rings is 3. The van der Waals surface area contributed by atoms with Gasteiger partial charge in [0.2, 0.25) is 11.8 Å². The largest absolute Gasteiger partial charge is 0.369 e. The minimum Gasteiger partial charge on any atom is -0.369 e. The van der Waals surface area contributed by atoms with Gasteiger partial charge >= 0.3 is 0 Å². The maximum Gasteiger partial charge on any atom is 0.262 e. The van der Waals surface area contributed by atoms with Gasteiger partial charge in [-0.05, 0) is 50.6 Å². The number of aromatic nitrogens is 2. The number of piperidine rings is 1. The van der Waals surface area contributed by atoms with Crippen LogP contribution in [0.2, 0.25) is 0 Å². The van der Waals surface area contributed by atoms with E-state index < -0.39 is 35.2 Å². The third kappa shape index (κ3) is 5.70. The fourth-order valence-corrected chi connectivity index (χ4v) is 6.71. The molecule has 0 aliphatic carbocycles. The van der Waals surface area contributed by atoms with E-state index in [1.807, 2.05) is 50.4 Å². The Morgan fingerprint density at radius 1 is 0.980 bits per heavy atom. The number of nitriles is 1. The number of anilines is 2. The lowest BCUT2D eigenvalue weighted by Gasteiger charge is -2.36. The molecule has 3 aromatic carbocycles. The normalized spacial score (nSPS) is 18.4. The fourth-order valence-electron chi connectivity index (χ4n) is 6.71. The Bertz CT molecular complexity index is 2090. The highest BCUT2D eigenvalue weighted by atomic mass is 16.2. The highest BCUT2D eigenvalue weighted by Gasteiger charge is 2.45. The molecule has 2 N–H and O–H groups in total. The van der Waals surface area contributed by atoms with Crippen molar-refractivity contribution in [2.45, 2.75) is 44.8 Å². The summed E-state index contributed by atoms with van der Waals surface area (Å²) in [5.74, 6) is -2.31. The molecule has 0 spiro atoms. The predicted molar refractivity (Wildman–Crippen MR) is 179 cm³/mol. The standard InChI is InChI=1S/C36H34N8O5/c1-36(2,35(49)39-29-10-7-23(18-37)25-5-3-4-6-26(25)29)43-21-22(19-38-43)20-41-13-15-42(16-14-41)24-8-9-27-28(17-24)34(48)44(33(27)47)30-11-12-31(45)40-32(30)46/h3-10,17,19,21,30H,11-16,20H2,1-2H3,(H,39,49)(H,40,45,46). The van der Waals surface area contributed by atoms with Crippen LogP contribution in [-0.4, -0.2) is 81.3 Å². The van der Waals surface area contributed by atoms with Gasteiger partial charge in [-0.1, -0.05) is 24.3 Å². The average Bonchev–Trinajstić information content (AvgIpc) is 3.67. The van der Waals surface area contributed by atoms with Crippen molar-refractivity contribution in [1.29, 1.82) is 5.26 Å². The molecule has 2 saturated heterocycles. The summed E-state index contributed by atoms with van der Waals surface area (Å²) in [4.78, 5) is 69.3. The number of amides is 5. The summed E-state index contributed by atoms with van der Waals surface area (Å²) in [5, 5.41) is 20.8. The van der Waals surface area contributed by atoms with E-state index in [1.165, 1.54) is 0 Å². The van der Waals surface area contributed by atoms with Gasteiger partial charge in [-0.25, -0.2) is 0 Å². The Morgan fingerprint density at radius 2 is 1.71 bits per heavy atom. The molecule has 1 atom stereocenters. The summed E-state index contributed by atoms with van der Waals surface area (Å²) in [6.07, 6.45) is 3.85. The third-order valence-electron chi connectivity index (χ3n) is 9.62. The van der Waals surface area contributed by atoms with Crippen molar-refractivity contribution in [3.63, 3.8) is 0 Å². The van der Waals surface area contributed by atoms with E-state index in [2.05, 4.69) is 31.6 Å². The first-order chi connectivity index (χ1) is 23.5. The van der Waals surface area contributed by atoms with Crippen LogP contribution >= 0.6 is 0 Å². The number of nitrogens with zero attached hydrogens (tertiary/aromatic N) is 6. The van der Waals surface area contributed by atoms with Gasteiger partial charge in [0.05, 0.1) is 29.0 Å². The minimum atomic E-state index is -0.996. The first-order valence-corrected chi connectivity index (χ1v) is 16.2. The predicted octanol–water partition coefficient (Wildman–Crippen LogP) is 3.01. The lowest BCUT2D eigenvalue weighted by molar-refractivity contribution is -0.136. The van der Waals surface area contributed by atoms with E-state index in [1.54, 1.807) is 35.1 Å². The number of fused-ring (bicyclic) bond motifs is 2. The Labute approximate surface area is 282 Å². The smallest absolute Gasteiger partial charge is 0.262 e. The van der Waals surface area contributed by atoms with E-state index in [9.17, 15) is 29.2 Å². The van der Waals surface area contributed by atoms with Gasteiger partial charge in [0.1, 0.15) is 11.6 Å². The average molecular weight is 659 g/mol. The van der Waals surface area contributed by atoms with Crippen LogP contribution in [0.1, 0.15) is 58.5 Å². The maximum atomic E-state index is 13.5. The second-order valence-corrected chi connectivity index (χ2v) is 13.1. The monoisotopic (exact) mass is 658 g/mol. The van der Waals surface area contributed by atoms with E-state index in [-0.39, 0.29) is 29.9 Å². The highest BCUT2D eigenvalue weighted by molar-refractivity contribution is 6.23. The quantitative estimate of drug-likeness (QED) is 0.285. The van der Waals surface area contributed by atoms with Crippen molar-refractivity contribution in [2.24, 2.45) is 0 Å². The molecule has 7 rings (SSSR count). The summed E-state index contributed by atoms with van der Waals surface area (Å²) in [6.45, 7) is 7.13. The summed E-state index contributed by atoms with van der Waals surface area (Å²) < 4.78 is 1.67. The van der Waals surface area contributed by atoms with Crippen LogP contribution in [0.15, 0.2) is 67.0 Å². The maximum absolute atomic E-state index is 13.5. The lowest BCUT2D eigenvalue weighted by atomic mass is 10.0. The van der Waals surface area contributed by atoms with Crippen molar-refractivity contribution in [3.05, 3.63) is 89.2 Å². The van der Waals surface area contributed by atoms with Gasteiger partial charge in [-0.3, -0.25) is 43.8 Å². The molecule has 3 aliphatic heterocycles. The van der Waals surface area contributed by atoms with Gasteiger partial charge in [0.25, 0.3) is 17.7 Å². The number of hydrogen-bond donors (Lipinski definition) is 2. The molecule has 0 bridgehead atoms. The molecule has 1 aromatic heterocycles. The molecule has 248 valence electrons. The van der Waals surface area contributed by atoms with Gasteiger partial charge in [-0.2, -0.15) is 10.4 Å². The van der Waals surface area contributed by atoms with Gasteiger partial charge in [0.15, 0.2) is 0 Å². The Balaban J connectivity index is 0.971. The Morgan fingerprint density at radius 3 is 2.45 bits per heavy atom. The van der Waals surface area contributed by atoms with Crippen LogP contribution in [0.3, 0.4) is 0 Å². The summed E-state index contributed by atoms with van der Waals surface area (Å²) in [5.41, 5.74) is 2.49. The lowest BCUT2D eigenvalue weighted by Crippen LogP contribution is -2.54. The van der Waals surface area contributed by atoms with E-state index in [0.717, 1.165) is 40.0 Å². The second kappa shape index (κ2) is 12.3. The van der Waals surface area contributed by atoms with Crippen LogP contribution in [-0.2, 0) is 26.5 Å². The molecule has 13 heteroatoms. The third-order valence-corrected chi connectivity index (χ3v) is 9.62. The van der Waals surface area contributed by atoms with Crippen LogP contribution in [0, 0.1) is 11.3 Å². The van der Waals surface area contributed by atoms with E-state index >= 15 is 0 Å².